The molecule has 18 heavy (non-hydrogen) atoms. The van der Waals surface area contributed by atoms with Crippen molar-refractivity contribution in [2.24, 2.45) is 0 Å². The summed E-state index contributed by atoms with van der Waals surface area (Å²) in [6.07, 6.45) is 0. The molecule has 1 N–H and O–H groups in total. The molecule has 0 aromatic heterocycles. The van der Waals surface area contributed by atoms with Gasteiger partial charge in [0.05, 0.1) is 19.8 Å². The Kier molecular flexibility index (Phi) is 6.07. The lowest BCUT2D eigenvalue weighted by atomic mass is 10.1. The highest BCUT2D eigenvalue weighted by atomic mass is 16.5. The minimum absolute atomic E-state index is 0.103. The van der Waals surface area contributed by atoms with Crippen LogP contribution >= 0.6 is 0 Å². The maximum atomic E-state index is 11.9. The molecule has 2 atom stereocenters. The van der Waals surface area contributed by atoms with E-state index in [1.165, 1.54) is 0 Å². The Morgan fingerprint density at radius 2 is 2.22 bits per heavy atom. The predicted molar refractivity (Wildman–Crippen MR) is 66.1 cm³/mol. The SMILES string of the molecule is CCNC(=O)C1COCCN1C(C)C(=O)OCC. The number of carbonyl (C=O) groups is 2. The molecular weight excluding hydrogens is 236 g/mol. The summed E-state index contributed by atoms with van der Waals surface area (Å²) in [7, 11) is 0. The molecule has 2 unspecified atom stereocenters. The summed E-state index contributed by atoms with van der Waals surface area (Å²) in [6.45, 7) is 7.70. The highest BCUT2D eigenvalue weighted by Crippen LogP contribution is 2.12. The van der Waals surface area contributed by atoms with Gasteiger partial charge >= 0.3 is 5.97 Å². The lowest BCUT2D eigenvalue weighted by Gasteiger charge is -2.37. The van der Waals surface area contributed by atoms with Crippen molar-refractivity contribution in [2.45, 2.75) is 32.9 Å². The van der Waals surface area contributed by atoms with E-state index < -0.39 is 12.1 Å². The third-order valence-electron chi connectivity index (χ3n) is 2.95. The largest absolute Gasteiger partial charge is 0.465 e. The van der Waals surface area contributed by atoms with E-state index in [1.807, 2.05) is 11.8 Å². The normalized spacial score (nSPS) is 22.3. The third kappa shape index (κ3) is 3.68. The van der Waals surface area contributed by atoms with Crippen LogP contribution < -0.4 is 5.32 Å². The van der Waals surface area contributed by atoms with E-state index in [2.05, 4.69) is 5.32 Å². The van der Waals surface area contributed by atoms with Crippen LogP contribution in [0.4, 0.5) is 0 Å². The quantitative estimate of drug-likeness (QED) is 0.690. The van der Waals surface area contributed by atoms with E-state index in [4.69, 9.17) is 9.47 Å². The average molecular weight is 258 g/mol. The molecule has 1 aliphatic rings. The summed E-state index contributed by atoms with van der Waals surface area (Å²) in [5.41, 5.74) is 0. The number of hydrogen-bond acceptors (Lipinski definition) is 5. The monoisotopic (exact) mass is 258 g/mol. The summed E-state index contributed by atoms with van der Waals surface area (Å²) in [4.78, 5) is 25.5. The van der Waals surface area contributed by atoms with Gasteiger partial charge in [-0.2, -0.15) is 0 Å². The Morgan fingerprint density at radius 1 is 1.50 bits per heavy atom. The minimum atomic E-state index is -0.429. The van der Waals surface area contributed by atoms with Crippen molar-refractivity contribution in [1.82, 2.24) is 10.2 Å². The molecule has 1 heterocycles. The van der Waals surface area contributed by atoms with Gasteiger partial charge in [-0.1, -0.05) is 0 Å². The van der Waals surface area contributed by atoms with Crippen LogP contribution in [0.3, 0.4) is 0 Å². The van der Waals surface area contributed by atoms with Gasteiger partial charge in [0.15, 0.2) is 0 Å². The van der Waals surface area contributed by atoms with Crippen LogP contribution in [0, 0.1) is 0 Å². The van der Waals surface area contributed by atoms with Crippen LogP contribution in [0.1, 0.15) is 20.8 Å². The Hall–Kier alpha value is -1.14. The van der Waals surface area contributed by atoms with Crippen molar-refractivity contribution < 1.29 is 19.1 Å². The Balaban J connectivity index is 2.69. The maximum absolute atomic E-state index is 11.9. The second-order valence-corrected chi connectivity index (χ2v) is 4.15. The molecule has 1 saturated heterocycles. The second-order valence-electron chi connectivity index (χ2n) is 4.15. The third-order valence-corrected chi connectivity index (χ3v) is 2.95. The molecule has 104 valence electrons. The van der Waals surface area contributed by atoms with Crippen LogP contribution in [0.15, 0.2) is 0 Å². The summed E-state index contributed by atoms with van der Waals surface area (Å²) in [5.74, 6) is -0.401. The van der Waals surface area contributed by atoms with E-state index in [-0.39, 0.29) is 11.9 Å². The molecule has 0 aromatic carbocycles. The van der Waals surface area contributed by atoms with Gasteiger partial charge in [0.2, 0.25) is 5.91 Å². The number of rotatable bonds is 5. The van der Waals surface area contributed by atoms with Crippen LogP contribution in [0.25, 0.3) is 0 Å². The number of nitrogens with zero attached hydrogens (tertiary/aromatic N) is 1. The van der Waals surface area contributed by atoms with Crippen molar-refractivity contribution in [3.05, 3.63) is 0 Å². The van der Waals surface area contributed by atoms with Gasteiger partial charge in [0.1, 0.15) is 12.1 Å². The van der Waals surface area contributed by atoms with Crippen molar-refractivity contribution in [1.29, 1.82) is 0 Å². The predicted octanol–water partition coefficient (Wildman–Crippen LogP) is -0.225. The zero-order valence-corrected chi connectivity index (χ0v) is 11.3. The molecule has 0 spiro atoms. The first-order chi connectivity index (χ1) is 8.61. The number of esters is 1. The van der Waals surface area contributed by atoms with E-state index in [0.29, 0.717) is 32.9 Å². The maximum Gasteiger partial charge on any atom is 0.323 e. The van der Waals surface area contributed by atoms with Gasteiger partial charge in [-0.3, -0.25) is 14.5 Å². The number of nitrogens with one attached hydrogen (secondary N) is 1. The van der Waals surface area contributed by atoms with Crippen LogP contribution in [-0.2, 0) is 19.1 Å². The molecule has 1 amide bonds. The lowest BCUT2D eigenvalue weighted by Crippen LogP contribution is -2.58. The van der Waals surface area contributed by atoms with Crippen molar-refractivity contribution in [3.8, 4) is 0 Å². The van der Waals surface area contributed by atoms with Crippen molar-refractivity contribution in [2.75, 3.05) is 32.9 Å². The van der Waals surface area contributed by atoms with Gasteiger partial charge in [0, 0.05) is 13.1 Å². The smallest absolute Gasteiger partial charge is 0.323 e. The molecule has 0 radical (unpaired) electrons. The summed E-state index contributed by atoms with van der Waals surface area (Å²) in [6, 6.07) is -0.848. The van der Waals surface area contributed by atoms with Crippen molar-refractivity contribution >= 4 is 11.9 Å². The van der Waals surface area contributed by atoms with Crippen LogP contribution in [0.5, 0.6) is 0 Å². The van der Waals surface area contributed by atoms with Gasteiger partial charge < -0.3 is 14.8 Å². The fourth-order valence-corrected chi connectivity index (χ4v) is 2.00. The van der Waals surface area contributed by atoms with Gasteiger partial charge in [0.25, 0.3) is 0 Å². The van der Waals surface area contributed by atoms with E-state index in [0.717, 1.165) is 0 Å². The number of amides is 1. The fourth-order valence-electron chi connectivity index (χ4n) is 2.00. The van der Waals surface area contributed by atoms with Crippen LogP contribution in [-0.4, -0.2) is 61.8 Å². The van der Waals surface area contributed by atoms with Gasteiger partial charge in [-0.05, 0) is 20.8 Å². The summed E-state index contributed by atoms with van der Waals surface area (Å²) < 4.78 is 10.3. The molecule has 6 nitrogen and oxygen atoms in total. The molecular formula is C12H22N2O4. The Labute approximate surface area is 108 Å². The zero-order valence-electron chi connectivity index (χ0n) is 11.3. The van der Waals surface area contributed by atoms with E-state index in [1.54, 1.807) is 13.8 Å². The second kappa shape index (κ2) is 7.33. The Bertz CT molecular complexity index is 296. The standard InChI is InChI=1S/C12H22N2O4/c1-4-13-11(15)10-8-17-7-6-14(10)9(3)12(16)18-5-2/h9-10H,4-8H2,1-3H3,(H,13,15). The summed E-state index contributed by atoms with van der Waals surface area (Å²) in [5, 5.41) is 2.76. The van der Waals surface area contributed by atoms with E-state index >= 15 is 0 Å². The molecule has 0 bridgehead atoms. The molecule has 6 heteroatoms. The number of morpholine rings is 1. The first-order valence-corrected chi connectivity index (χ1v) is 6.39. The molecule has 1 aliphatic heterocycles. The van der Waals surface area contributed by atoms with Gasteiger partial charge in [-0.25, -0.2) is 0 Å². The van der Waals surface area contributed by atoms with Crippen LogP contribution in [0.2, 0.25) is 0 Å². The number of likely N-dealkylation sites (N-methyl/N-ethyl adjacent to an activating group) is 1. The fraction of sp³-hybridized carbons (Fsp3) is 0.833. The minimum Gasteiger partial charge on any atom is -0.465 e. The lowest BCUT2D eigenvalue weighted by molar-refractivity contribution is -0.154. The highest BCUT2D eigenvalue weighted by molar-refractivity contribution is 5.83. The van der Waals surface area contributed by atoms with Gasteiger partial charge in [-0.15, -0.1) is 0 Å². The molecule has 0 saturated carbocycles. The topological polar surface area (TPSA) is 67.9 Å². The molecule has 1 rings (SSSR count). The molecule has 1 fully saturated rings. The average Bonchev–Trinajstić information content (AvgIpc) is 2.38. The Morgan fingerprint density at radius 3 is 2.83 bits per heavy atom. The van der Waals surface area contributed by atoms with E-state index in [9.17, 15) is 9.59 Å². The number of carbonyl (C=O) groups excluding carboxylic acids is 2. The zero-order chi connectivity index (χ0) is 13.5. The summed E-state index contributed by atoms with van der Waals surface area (Å²) >= 11 is 0. The molecule has 0 aromatic rings. The molecule has 0 aliphatic carbocycles. The number of hydrogen-bond donors (Lipinski definition) is 1. The first-order valence-electron chi connectivity index (χ1n) is 6.39. The highest BCUT2D eigenvalue weighted by Gasteiger charge is 2.35. The van der Waals surface area contributed by atoms with Crippen molar-refractivity contribution in [3.63, 3.8) is 0 Å². The number of ether oxygens (including phenoxy) is 2. The first kappa shape index (κ1) is 14.9.